The van der Waals surface area contributed by atoms with Crippen LogP contribution in [0.2, 0.25) is 0 Å². The molecule has 8 nitrogen and oxygen atoms in total. The van der Waals surface area contributed by atoms with E-state index in [1.54, 1.807) is 12.1 Å². The van der Waals surface area contributed by atoms with Crippen LogP contribution < -0.4 is 10.2 Å². The van der Waals surface area contributed by atoms with Crippen molar-refractivity contribution in [1.29, 1.82) is 0 Å². The minimum Gasteiger partial charge on any atom is -0.377 e. The summed E-state index contributed by atoms with van der Waals surface area (Å²) < 4.78 is 34.9. The van der Waals surface area contributed by atoms with Gasteiger partial charge in [-0.15, -0.1) is 0 Å². The smallest absolute Gasteiger partial charge is 0.247 e. The van der Waals surface area contributed by atoms with Crippen LogP contribution in [-0.2, 0) is 19.6 Å². The van der Waals surface area contributed by atoms with Gasteiger partial charge in [0.1, 0.15) is 16.8 Å². The first-order chi connectivity index (χ1) is 15.7. The molecule has 4 aliphatic rings. The maximum absolute atomic E-state index is 13.9. The number of pyridine rings is 1. The molecule has 0 bridgehead atoms. The number of rotatable bonds is 5. The first kappa shape index (κ1) is 23.1. The van der Waals surface area contributed by atoms with E-state index in [9.17, 15) is 13.2 Å². The summed E-state index contributed by atoms with van der Waals surface area (Å²) in [5, 5.41) is 3.18. The molecule has 0 radical (unpaired) electrons. The summed E-state index contributed by atoms with van der Waals surface area (Å²) >= 11 is 0. The van der Waals surface area contributed by atoms with Crippen molar-refractivity contribution in [1.82, 2.24) is 14.6 Å². The average molecular weight is 477 g/mol. The molecule has 1 amide bonds. The SMILES string of the molecule is Cc1ccc(S(=O)(=O)N2CCC[C@H]2C(=O)N[C@@H]2CCC3(CC3)C2)c(N2[C@@H](C)COC[C@@H]2C)n1. The minimum atomic E-state index is -3.89. The molecule has 2 aliphatic heterocycles. The zero-order chi connectivity index (χ0) is 23.4. The predicted octanol–water partition coefficient (Wildman–Crippen LogP) is 2.61. The van der Waals surface area contributed by atoms with Crippen molar-refractivity contribution in [3.63, 3.8) is 0 Å². The molecule has 0 unspecified atom stereocenters. The standard InChI is InChI=1S/C24H36N4O4S/c1-16-6-7-21(22(25-16)28-17(2)14-32-15-18(28)3)33(30,31)27-12-4-5-20(27)23(29)26-19-8-9-24(13-19)10-11-24/h6-7,17-20H,4-5,8-15H2,1-3H3,(H,26,29)/t17-,18-,19+,20-/m0/s1. The zero-order valence-corrected chi connectivity index (χ0v) is 20.7. The van der Waals surface area contributed by atoms with Crippen molar-refractivity contribution in [2.24, 2.45) is 5.41 Å². The van der Waals surface area contributed by atoms with Crippen LogP contribution in [0, 0.1) is 12.3 Å². The molecule has 5 rings (SSSR count). The van der Waals surface area contributed by atoms with Crippen LogP contribution in [0.5, 0.6) is 0 Å². The Morgan fingerprint density at radius 3 is 2.55 bits per heavy atom. The van der Waals surface area contributed by atoms with Crippen LogP contribution in [0.1, 0.15) is 64.5 Å². The topological polar surface area (TPSA) is 91.8 Å². The number of carbonyl (C=O) groups excluding carboxylic acids is 1. The van der Waals surface area contributed by atoms with Gasteiger partial charge in [-0.3, -0.25) is 4.79 Å². The molecule has 182 valence electrons. The number of morpholine rings is 1. The maximum Gasteiger partial charge on any atom is 0.247 e. The van der Waals surface area contributed by atoms with Crippen molar-refractivity contribution in [3.05, 3.63) is 17.8 Å². The lowest BCUT2D eigenvalue weighted by Gasteiger charge is -2.40. The number of nitrogens with zero attached hydrogens (tertiary/aromatic N) is 3. The van der Waals surface area contributed by atoms with Crippen LogP contribution in [0.25, 0.3) is 0 Å². The number of amides is 1. The lowest BCUT2D eigenvalue weighted by atomic mass is 10.1. The van der Waals surface area contributed by atoms with Gasteiger partial charge >= 0.3 is 0 Å². The Bertz CT molecular complexity index is 1020. The fourth-order valence-corrected chi connectivity index (χ4v) is 7.79. The zero-order valence-electron chi connectivity index (χ0n) is 19.9. The molecule has 4 fully saturated rings. The molecule has 1 aromatic rings. The van der Waals surface area contributed by atoms with Crippen LogP contribution in [-0.4, -0.2) is 67.5 Å². The molecular weight excluding hydrogens is 440 g/mol. The van der Waals surface area contributed by atoms with E-state index in [-0.39, 0.29) is 28.9 Å². The highest BCUT2D eigenvalue weighted by molar-refractivity contribution is 7.89. The van der Waals surface area contributed by atoms with Gasteiger partial charge in [-0.25, -0.2) is 13.4 Å². The lowest BCUT2D eigenvalue weighted by molar-refractivity contribution is -0.124. The van der Waals surface area contributed by atoms with Gasteiger partial charge in [0.25, 0.3) is 0 Å². The lowest BCUT2D eigenvalue weighted by Crippen LogP contribution is -2.51. The van der Waals surface area contributed by atoms with Crippen molar-refractivity contribution in [2.75, 3.05) is 24.7 Å². The number of aromatic nitrogens is 1. The van der Waals surface area contributed by atoms with E-state index in [2.05, 4.69) is 15.2 Å². The number of nitrogens with one attached hydrogen (secondary N) is 1. The van der Waals surface area contributed by atoms with Gasteiger partial charge in [-0.2, -0.15) is 4.31 Å². The number of ether oxygens (including phenoxy) is 1. The van der Waals surface area contributed by atoms with E-state index in [1.807, 2.05) is 20.8 Å². The third-order valence-corrected chi connectivity index (χ3v) is 9.92. The highest BCUT2D eigenvalue weighted by Crippen LogP contribution is 2.57. The number of hydrogen-bond donors (Lipinski definition) is 1. The molecule has 2 aliphatic carbocycles. The Morgan fingerprint density at radius 2 is 1.88 bits per heavy atom. The summed E-state index contributed by atoms with van der Waals surface area (Å²) in [6.07, 6.45) is 7.00. The minimum absolute atomic E-state index is 0.00628. The van der Waals surface area contributed by atoms with E-state index < -0.39 is 16.1 Å². The van der Waals surface area contributed by atoms with Crippen LogP contribution in [0.3, 0.4) is 0 Å². The molecule has 4 atom stereocenters. The van der Waals surface area contributed by atoms with Crippen molar-refractivity contribution in [2.45, 2.75) is 94.8 Å². The van der Waals surface area contributed by atoms with Crippen molar-refractivity contribution >= 4 is 21.7 Å². The largest absolute Gasteiger partial charge is 0.377 e. The van der Waals surface area contributed by atoms with Gasteiger partial charge < -0.3 is 15.0 Å². The third-order valence-electron chi connectivity index (χ3n) is 7.99. The maximum atomic E-state index is 13.9. The summed E-state index contributed by atoms with van der Waals surface area (Å²) in [5.41, 5.74) is 1.23. The predicted molar refractivity (Wildman–Crippen MR) is 126 cm³/mol. The Hall–Kier alpha value is -1.71. The monoisotopic (exact) mass is 476 g/mol. The van der Waals surface area contributed by atoms with Crippen LogP contribution >= 0.6 is 0 Å². The molecule has 1 aromatic heterocycles. The molecule has 2 saturated heterocycles. The second kappa shape index (κ2) is 8.50. The van der Waals surface area contributed by atoms with Gasteiger partial charge in [0.15, 0.2) is 0 Å². The number of hydrogen-bond acceptors (Lipinski definition) is 6. The Balaban J connectivity index is 1.41. The van der Waals surface area contributed by atoms with Crippen molar-refractivity contribution in [3.8, 4) is 0 Å². The summed E-state index contributed by atoms with van der Waals surface area (Å²) in [5.74, 6) is 0.323. The summed E-state index contributed by atoms with van der Waals surface area (Å²) in [6, 6.07) is 2.93. The van der Waals surface area contributed by atoms with E-state index in [1.165, 1.54) is 23.6 Å². The van der Waals surface area contributed by atoms with E-state index in [0.717, 1.165) is 18.5 Å². The summed E-state index contributed by atoms with van der Waals surface area (Å²) in [6.45, 7) is 7.33. The molecule has 2 saturated carbocycles. The Morgan fingerprint density at radius 1 is 1.15 bits per heavy atom. The molecular formula is C24H36N4O4S. The van der Waals surface area contributed by atoms with Gasteiger partial charge in [-0.1, -0.05) is 0 Å². The number of aryl methyl sites for hydroxylation is 1. The fourth-order valence-electron chi connectivity index (χ4n) is 6.01. The second-order valence-electron chi connectivity index (χ2n) is 10.6. The molecule has 1 spiro atoms. The highest BCUT2D eigenvalue weighted by atomic mass is 32.2. The van der Waals surface area contributed by atoms with Gasteiger partial charge in [0.2, 0.25) is 15.9 Å². The Labute approximate surface area is 197 Å². The molecule has 3 heterocycles. The quantitative estimate of drug-likeness (QED) is 0.702. The Kier molecular flexibility index (Phi) is 5.94. The second-order valence-corrected chi connectivity index (χ2v) is 12.5. The molecule has 33 heavy (non-hydrogen) atoms. The normalized spacial score (nSPS) is 31.8. The first-order valence-electron chi connectivity index (χ1n) is 12.4. The van der Waals surface area contributed by atoms with Crippen LogP contribution in [0.15, 0.2) is 17.0 Å². The van der Waals surface area contributed by atoms with Crippen molar-refractivity contribution < 1.29 is 17.9 Å². The van der Waals surface area contributed by atoms with E-state index in [0.29, 0.717) is 43.8 Å². The van der Waals surface area contributed by atoms with Crippen LogP contribution in [0.4, 0.5) is 5.82 Å². The van der Waals surface area contributed by atoms with E-state index >= 15 is 0 Å². The molecule has 0 aromatic carbocycles. The molecule has 9 heteroatoms. The third kappa shape index (κ3) is 4.28. The number of carbonyl (C=O) groups is 1. The highest BCUT2D eigenvalue weighted by Gasteiger charge is 2.49. The van der Waals surface area contributed by atoms with Gasteiger partial charge in [0, 0.05) is 18.3 Å². The summed E-state index contributed by atoms with van der Waals surface area (Å²) in [7, 11) is -3.89. The van der Waals surface area contributed by atoms with Gasteiger partial charge in [-0.05, 0) is 83.3 Å². The number of anilines is 1. The molecule has 1 N–H and O–H groups in total. The average Bonchev–Trinajstić information content (AvgIpc) is 3.16. The number of sulfonamides is 1. The fraction of sp³-hybridized carbons (Fsp3) is 0.750. The van der Waals surface area contributed by atoms with E-state index in [4.69, 9.17) is 4.74 Å². The first-order valence-corrected chi connectivity index (χ1v) is 13.8. The summed E-state index contributed by atoms with van der Waals surface area (Å²) in [4.78, 5) is 20.1. The van der Waals surface area contributed by atoms with Gasteiger partial charge in [0.05, 0.1) is 25.3 Å².